The van der Waals surface area contributed by atoms with Crippen LogP contribution in [0.25, 0.3) is 0 Å². The molecule has 1 atom stereocenters. The molecule has 1 heterocycles. The van der Waals surface area contributed by atoms with Crippen LogP contribution in [0.5, 0.6) is 0 Å². The van der Waals surface area contributed by atoms with Crippen molar-refractivity contribution in [3.05, 3.63) is 35.6 Å². The van der Waals surface area contributed by atoms with Crippen molar-refractivity contribution in [3.63, 3.8) is 0 Å². The molecule has 2 nitrogen and oxygen atoms in total. The molecule has 0 aromatic heterocycles. The summed E-state index contributed by atoms with van der Waals surface area (Å²) in [6.45, 7) is 8.80. The van der Waals surface area contributed by atoms with Gasteiger partial charge < -0.3 is 5.32 Å². The maximum absolute atomic E-state index is 12.9. The first-order valence-electron chi connectivity index (χ1n) is 7.33. The Morgan fingerprint density at radius 2 is 2.05 bits per heavy atom. The Kier molecular flexibility index (Phi) is 5.34. The molecule has 0 radical (unpaired) electrons. The van der Waals surface area contributed by atoms with Gasteiger partial charge in [-0.2, -0.15) is 0 Å². The Bertz CT molecular complexity index is 375. The van der Waals surface area contributed by atoms with Gasteiger partial charge in [-0.1, -0.05) is 26.0 Å². The van der Waals surface area contributed by atoms with Gasteiger partial charge in [0, 0.05) is 19.1 Å². The molecule has 19 heavy (non-hydrogen) atoms. The van der Waals surface area contributed by atoms with Gasteiger partial charge in [0.1, 0.15) is 5.82 Å². The lowest BCUT2D eigenvalue weighted by Crippen LogP contribution is -2.38. The van der Waals surface area contributed by atoms with Crippen molar-refractivity contribution in [1.29, 1.82) is 0 Å². The Morgan fingerprint density at radius 1 is 1.32 bits per heavy atom. The van der Waals surface area contributed by atoms with Crippen LogP contribution >= 0.6 is 0 Å². The smallest absolute Gasteiger partial charge is 0.123 e. The Labute approximate surface area is 116 Å². The zero-order valence-electron chi connectivity index (χ0n) is 12.0. The molecule has 1 aromatic rings. The monoisotopic (exact) mass is 264 g/mol. The van der Waals surface area contributed by atoms with Crippen LogP contribution in [-0.2, 0) is 6.54 Å². The maximum atomic E-state index is 12.9. The van der Waals surface area contributed by atoms with Crippen molar-refractivity contribution in [1.82, 2.24) is 10.2 Å². The minimum absolute atomic E-state index is 0.154. The molecule has 3 heteroatoms. The molecule has 2 rings (SSSR count). The first kappa shape index (κ1) is 14.5. The summed E-state index contributed by atoms with van der Waals surface area (Å²) in [4.78, 5) is 2.49. The summed E-state index contributed by atoms with van der Waals surface area (Å²) in [7, 11) is 0. The van der Waals surface area contributed by atoms with Gasteiger partial charge >= 0.3 is 0 Å². The zero-order chi connectivity index (χ0) is 13.7. The average molecular weight is 264 g/mol. The van der Waals surface area contributed by atoms with Crippen molar-refractivity contribution >= 4 is 0 Å². The predicted octanol–water partition coefficient (Wildman–Crippen LogP) is 3.04. The molecule has 0 saturated carbocycles. The van der Waals surface area contributed by atoms with Gasteiger partial charge in [-0.25, -0.2) is 4.39 Å². The second-order valence-electron chi connectivity index (χ2n) is 6.00. The first-order valence-corrected chi connectivity index (χ1v) is 7.33. The van der Waals surface area contributed by atoms with Crippen LogP contribution in [-0.4, -0.2) is 30.6 Å². The quantitative estimate of drug-likeness (QED) is 0.899. The lowest BCUT2D eigenvalue weighted by molar-refractivity contribution is 0.247. The molecular weight excluding hydrogens is 239 g/mol. The topological polar surface area (TPSA) is 15.3 Å². The summed E-state index contributed by atoms with van der Waals surface area (Å²) in [6.07, 6.45) is 2.41. The van der Waals surface area contributed by atoms with Gasteiger partial charge in [-0.05, 0) is 49.5 Å². The second kappa shape index (κ2) is 7.01. The lowest BCUT2D eigenvalue weighted by Gasteiger charge is -2.25. The van der Waals surface area contributed by atoms with E-state index in [2.05, 4.69) is 24.1 Å². The van der Waals surface area contributed by atoms with E-state index in [9.17, 15) is 4.39 Å². The van der Waals surface area contributed by atoms with Crippen molar-refractivity contribution in [3.8, 4) is 0 Å². The average Bonchev–Trinajstić information content (AvgIpc) is 2.57. The van der Waals surface area contributed by atoms with E-state index in [0.717, 1.165) is 32.1 Å². The third-order valence-electron chi connectivity index (χ3n) is 3.64. The van der Waals surface area contributed by atoms with E-state index in [4.69, 9.17) is 0 Å². The SMILES string of the molecule is CC(C)CC1CN(Cc2ccc(F)cc2)CCCN1. The molecule has 1 fully saturated rings. The highest BCUT2D eigenvalue weighted by Crippen LogP contribution is 2.13. The largest absolute Gasteiger partial charge is 0.313 e. The van der Waals surface area contributed by atoms with Gasteiger partial charge in [-0.3, -0.25) is 4.90 Å². The molecule has 1 unspecified atom stereocenters. The van der Waals surface area contributed by atoms with Gasteiger partial charge in [0.2, 0.25) is 0 Å². The molecule has 0 bridgehead atoms. The van der Waals surface area contributed by atoms with Crippen molar-refractivity contribution in [2.45, 2.75) is 39.3 Å². The van der Waals surface area contributed by atoms with E-state index < -0.39 is 0 Å². The fourth-order valence-electron chi connectivity index (χ4n) is 2.79. The third kappa shape index (κ3) is 4.92. The highest BCUT2D eigenvalue weighted by molar-refractivity contribution is 5.15. The van der Waals surface area contributed by atoms with Crippen LogP contribution in [0.15, 0.2) is 24.3 Å². The standard InChI is InChI=1S/C16H25FN2/c1-13(2)10-16-12-19(9-3-8-18-16)11-14-4-6-15(17)7-5-14/h4-7,13,16,18H,3,8-12H2,1-2H3. The normalized spacial score (nSPS) is 21.6. The van der Waals surface area contributed by atoms with Gasteiger partial charge in [0.15, 0.2) is 0 Å². The van der Waals surface area contributed by atoms with E-state index in [1.165, 1.54) is 18.4 Å². The Hall–Kier alpha value is -0.930. The molecule has 1 aliphatic heterocycles. The predicted molar refractivity (Wildman–Crippen MR) is 77.5 cm³/mol. The van der Waals surface area contributed by atoms with Crippen molar-refractivity contribution in [2.75, 3.05) is 19.6 Å². The highest BCUT2D eigenvalue weighted by atomic mass is 19.1. The van der Waals surface area contributed by atoms with Crippen molar-refractivity contribution < 1.29 is 4.39 Å². The molecule has 106 valence electrons. The van der Waals surface area contributed by atoms with E-state index in [1.54, 1.807) is 12.1 Å². The summed E-state index contributed by atoms with van der Waals surface area (Å²) in [5.74, 6) is 0.572. The number of benzene rings is 1. The molecule has 0 aliphatic carbocycles. The summed E-state index contributed by atoms with van der Waals surface area (Å²) >= 11 is 0. The molecule has 1 N–H and O–H groups in total. The van der Waals surface area contributed by atoms with E-state index in [0.29, 0.717) is 6.04 Å². The first-order chi connectivity index (χ1) is 9.13. The molecule has 0 spiro atoms. The summed E-state index contributed by atoms with van der Waals surface area (Å²) < 4.78 is 12.9. The minimum atomic E-state index is -0.154. The van der Waals surface area contributed by atoms with Crippen LogP contribution < -0.4 is 5.32 Å². The van der Waals surface area contributed by atoms with E-state index in [1.807, 2.05) is 12.1 Å². The number of halogens is 1. The summed E-state index contributed by atoms with van der Waals surface area (Å²) in [5.41, 5.74) is 1.20. The third-order valence-corrected chi connectivity index (χ3v) is 3.64. The zero-order valence-corrected chi connectivity index (χ0v) is 12.0. The highest BCUT2D eigenvalue weighted by Gasteiger charge is 2.18. The van der Waals surface area contributed by atoms with Crippen LogP contribution in [0, 0.1) is 11.7 Å². The Balaban J connectivity index is 1.92. The van der Waals surface area contributed by atoms with E-state index in [-0.39, 0.29) is 5.82 Å². The lowest BCUT2D eigenvalue weighted by atomic mass is 10.0. The van der Waals surface area contributed by atoms with Crippen molar-refractivity contribution in [2.24, 2.45) is 5.92 Å². The summed E-state index contributed by atoms with van der Waals surface area (Å²) in [5, 5.41) is 3.64. The van der Waals surface area contributed by atoms with E-state index >= 15 is 0 Å². The van der Waals surface area contributed by atoms with Crippen LogP contribution in [0.4, 0.5) is 4.39 Å². The van der Waals surface area contributed by atoms with Crippen LogP contribution in [0.2, 0.25) is 0 Å². The van der Waals surface area contributed by atoms with Gasteiger partial charge in [0.25, 0.3) is 0 Å². The maximum Gasteiger partial charge on any atom is 0.123 e. The molecular formula is C16H25FN2. The number of rotatable bonds is 4. The number of hydrogen-bond acceptors (Lipinski definition) is 2. The van der Waals surface area contributed by atoms with Crippen LogP contribution in [0.1, 0.15) is 32.3 Å². The molecule has 1 saturated heterocycles. The van der Waals surface area contributed by atoms with Crippen LogP contribution in [0.3, 0.4) is 0 Å². The second-order valence-corrected chi connectivity index (χ2v) is 6.00. The molecule has 0 amide bonds. The number of nitrogens with one attached hydrogen (secondary N) is 1. The van der Waals surface area contributed by atoms with Gasteiger partial charge in [-0.15, -0.1) is 0 Å². The minimum Gasteiger partial charge on any atom is -0.313 e. The number of hydrogen-bond donors (Lipinski definition) is 1. The van der Waals surface area contributed by atoms with Gasteiger partial charge in [0.05, 0.1) is 0 Å². The fraction of sp³-hybridized carbons (Fsp3) is 0.625. The number of nitrogens with zero attached hydrogens (tertiary/aromatic N) is 1. The fourth-order valence-corrected chi connectivity index (χ4v) is 2.79. The summed E-state index contributed by atoms with van der Waals surface area (Å²) in [6, 6.07) is 7.48. The molecule has 1 aromatic carbocycles. The Morgan fingerprint density at radius 3 is 2.74 bits per heavy atom. The molecule has 1 aliphatic rings.